The van der Waals surface area contributed by atoms with Gasteiger partial charge in [0.05, 0.1) is 10.6 Å². The summed E-state index contributed by atoms with van der Waals surface area (Å²) in [5, 5.41) is 14.5. The van der Waals surface area contributed by atoms with Crippen molar-refractivity contribution in [2.75, 3.05) is 0 Å². The third-order valence-electron chi connectivity index (χ3n) is 2.90. The molecule has 8 heteroatoms. The Labute approximate surface area is 135 Å². The number of azide groups is 1. The minimum Gasteiger partial charge on any atom is -0.289 e. The second kappa shape index (κ2) is 7.22. The Bertz CT molecular complexity index is 823. The van der Waals surface area contributed by atoms with E-state index >= 15 is 0 Å². The molecule has 7 nitrogen and oxygen atoms in total. The number of hydrogen-bond donors (Lipinski definition) is 0. The second-order valence-corrected chi connectivity index (χ2v) is 4.84. The number of non-ortho nitro benzene ring substituents is 1. The van der Waals surface area contributed by atoms with Crippen LogP contribution in [0.2, 0.25) is 5.02 Å². The number of hydrogen-bond acceptors (Lipinski definition) is 4. The van der Waals surface area contributed by atoms with Crippen molar-refractivity contribution in [1.29, 1.82) is 0 Å². The number of rotatable bonds is 5. The van der Waals surface area contributed by atoms with E-state index in [0.29, 0.717) is 16.1 Å². The number of nitrogens with zero attached hydrogens (tertiary/aromatic N) is 4. The molecular formula is C15H9ClN4O3. The molecule has 0 fully saturated rings. The zero-order valence-electron chi connectivity index (χ0n) is 11.6. The van der Waals surface area contributed by atoms with Crippen molar-refractivity contribution in [3.8, 4) is 0 Å². The van der Waals surface area contributed by atoms with Gasteiger partial charge in [-0.15, -0.1) is 0 Å². The summed E-state index contributed by atoms with van der Waals surface area (Å²) in [5.74, 6) is -0.474. The van der Waals surface area contributed by atoms with Gasteiger partial charge >= 0.3 is 0 Å². The predicted molar refractivity (Wildman–Crippen MR) is 86.0 cm³/mol. The third-order valence-corrected chi connectivity index (χ3v) is 3.15. The minimum atomic E-state index is -0.527. The zero-order chi connectivity index (χ0) is 16.8. The van der Waals surface area contributed by atoms with E-state index in [-0.39, 0.29) is 11.4 Å². The number of ketones is 1. The molecule has 0 spiro atoms. The molecule has 2 aromatic carbocycles. The van der Waals surface area contributed by atoms with Crippen molar-refractivity contribution < 1.29 is 9.72 Å². The van der Waals surface area contributed by atoms with Gasteiger partial charge in [-0.3, -0.25) is 14.9 Å². The van der Waals surface area contributed by atoms with Crippen molar-refractivity contribution in [2.45, 2.75) is 0 Å². The summed E-state index contributed by atoms with van der Waals surface area (Å²) in [7, 11) is 0. The fourth-order valence-electron chi connectivity index (χ4n) is 1.79. The first-order chi connectivity index (χ1) is 11.0. The van der Waals surface area contributed by atoms with E-state index in [9.17, 15) is 14.9 Å². The molecule has 0 saturated heterocycles. The van der Waals surface area contributed by atoms with E-state index in [1.807, 2.05) is 0 Å². The molecule has 0 unspecified atom stereocenters. The summed E-state index contributed by atoms with van der Waals surface area (Å²) in [6, 6.07) is 11.6. The summed E-state index contributed by atoms with van der Waals surface area (Å²) in [5.41, 5.74) is 9.25. The molecule has 0 saturated carbocycles. The van der Waals surface area contributed by atoms with Gasteiger partial charge in [0, 0.05) is 27.6 Å². The van der Waals surface area contributed by atoms with Crippen molar-refractivity contribution >= 4 is 29.1 Å². The maximum Gasteiger partial charge on any atom is 0.269 e. The number of carbonyl (C=O) groups is 1. The number of Topliss-reactive ketones (excluding diaryl/α,β-unsaturated/α-hetero) is 1. The number of halogens is 1. The highest BCUT2D eigenvalue weighted by Crippen LogP contribution is 2.18. The van der Waals surface area contributed by atoms with Crippen molar-refractivity contribution in [3.05, 3.63) is 90.9 Å². The van der Waals surface area contributed by atoms with Crippen LogP contribution in [0.1, 0.15) is 15.9 Å². The highest BCUT2D eigenvalue weighted by molar-refractivity contribution is 6.30. The van der Waals surface area contributed by atoms with Crippen LogP contribution in [0.4, 0.5) is 5.69 Å². The van der Waals surface area contributed by atoms with Gasteiger partial charge < -0.3 is 0 Å². The van der Waals surface area contributed by atoms with Gasteiger partial charge in [-0.25, -0.2) is 0 Å². The lowest BCUT2D eigenvalue weighted by Gasteiger charge is -2.02. The molecular weight excluding hydrogens is 320 g/mol. The highest BCUT2D eigenvalue weighted by Gasteiger charge is 2.11. The molecule has 0 aromatic heterocycles. The van der Waals surface area contributed by atoms with Gasteiger partial charge in [0.1, 0.15) is 0 Å². The summed E-state index contributed by atoms with van der Waals surface area (Å²) in [4.78, 5) is 25.1. The van der Waals surface area contributed by atoms with E-state index in [1.165, 1.54) is 42.5 Å². The van der Waals surface area contributed by atoms with Gasteiger partial charge in [-0.1, -0.05) is 16.7 Å². The molecule has 0 atom stereocenters. The average molecular weight is 329 g/mol. The standard InChI is InChI=1S/C15H9ClN4O3/c16-12-5-3-11(4-6-12)15(21)14(18-19-17)9-10-1-7-13(8-2-10)20(22)23/h1-9H/b14-9-. The van der Waals surface area contributed by atoms with Crippen LogP contribution in [-0.4, -0.2) is 10.7 Å². The molecule has 0 radical (unpaired) electrons. The Morgan fingerprint density at radius 1 is 1.17 bits per heavy atom. The molecule has 0 aliphatic rings. The van der Waals surface area contributed by atoms with Gasteiger partial charge in [-0.05, 0) is 53.6 Å². The number of nitro benzene ring substituents is 1. The van der Waals surface area contributed by atoms with Crippen LogP contribution >= 0.6 is 11.6 Å². The van der Waals surface area contributed by atoms with Crippen molar-refractivity contribution in [3.63, 3.8) is 0 Å². The second-order valence-electron chi connectivity index (χ2n) is 4.40. The smallest absolute Gasteiger partial charge is 0.269 e. The highest BCUT2D eigenvalue weighted by atomic mass is 35.5. The molecule has 0 aliphatic heterocycles. The van der Waals surface area contributed by atoms with Gasteiger partial charge in [-0.2, -0.15) is 0 Å². The molecule has 0 heterocycles. The lowest BCUT2D eigenvalue weighted by atomic mass is 10.1. The maximum absolute atomic E-state index is 12.3. The first-order valence-corrected chi connectivity index (χ1v) is 6.70. The van der Waals surface area contributed by atoms with Gasteiger partial charge in [0.15, 0.2) is 5.78 Å². The van der Waals surface area contributed by atoms with Crippen LogP contribution in [-0.2, 0) is 0 Å². The van der Waals surface area contributed by atoms with Crippen LogP contribution in [0.25, 0.3) is 16.5 Å². The monoisotopic (exact) mass is 328 g/mol. The topological polar surface area (TPSA) is 109 Å². The van der Waals surface area contributed by atoms with E-state index < -0.39 is 10.7 Å². The summed E-state index contributed by atoms with van der Waals surface area (Å²) in [6.45, 7) is 0. The quantitative estimate of drug-likeness (QED) is 0.150. The number of carbonyl (C=O) groups excluding carboxylic acids is 1. The largest absolute Gasteiger partial charge is 0.289 e. The van der Waals surface area contributed by atoms with Crippen LogP contribution < -0.4 is 0 Å². The molecule has 23 heavy (non-hydrogen) atoms. The Hall–Kier alpha value is -3.15. The van der Waals surface area contributed by atoms with E-state index in [2.05, 4.69) is 10.0 Å². The number of benzene rings is 2. The number of nitro groups is 1. The fourth-order valence-corrected chi connectivity index (χ4v) is 1.91. The van der Waals surface area contributed by atoms with Crippen LogP contribution in [0.3, 0.4) is 0 Å². The molecule has 2 aromatic rings. The Morgan fingerprint density at radius 3 is 2.30 bits per heavy atom. The lowest BCUT2D eigenvalue weighted by Crippen LogP contribution is -2.01. The molecule has 0 N–H and O–H groups in total. The Kier molecular flexibility index (Phi) is 5.09. The molecule has 0 bridgehead atoms. The lowest BCUT2D eigenvalue weighted by molar-refractivity contribution is -0.384. The minimum absolute atomic E-state index is 0.0727. The normalized spacial score (nSPS) is 10.7. The molecule has 2 rings (SSSR count). The average Bonchev–Trinajstić information content (AvgIpc) is 2.55. The van der Waals surface area contributed by atoms with Crippen LogP contribution in [0, 0.1) is 10.1 Å². The van der Waals surface area contributed by atoms with Crippen molar-refractivity contribution in [2.24, 2.45) is 5.11 Å². The SMILES string of the molecule is [N-]=[N+]=N/C(=C\c1ccc([N+](=O)[O-])cc1)C(=O)c1ccc(Cl)cc1. The van der Waals surface area contributed by atoms with Crippen LogP contribution in [0.5, 0.6) is 0 Å². The number of allylic oxidation sites excluding steroid dienone is 1. The predicted octanol–water partition coefficient (Wildman–Crippen LogP) is 4.78. The molecule has 114 valence electrons. The zero-order valence-corrected chi connectivity index (χ0v) is 12.3. The first kappa shape index (κ1) is 16.2. The summed E-state index contributed by atoms with van der Waals surface area (Å²) < 4.78 is 0. The van der Waals surface area contributed by atoms with Gasteiger partial charge in [0.25, 0.3) is 5.69 Å². The Morgan fingerprint density at radius 2 is 1.78 bits per heavy atom. The molecule has 0 aliphatic carbocycles. The van der Waals surface area contributed by atoms with E-state index in [1.54, 1.807) is 12.1 Å². The molecule has 0 amide bonds. The first-order valence-electron chi connectivity index (χ1n) is 6.33. The van der Waals surface area contributed by atoms with Crippen LogP contribution in [0.15, 0.2) is 59.3 Å². The van der Waals surface area contributed by atoms with E-state index in [4.69, 9.17) is 17.1 Å². The Balaban J connectivity index is 2.37. The van der Waals surface area contributed by atoms with Gasteiger partial charge in [0.2, 0.25) is 0 Å². The summed E-state index contributed by atoms with van der Waals surface area (Å²) in [6.07, 6.45) is 1.36. The summed E-state index contributed by atoms with van der Waals surface area (Å²) >= 11 is 5.76. The van der Waals surface area contributed by atoms with E-state index in [0.717, 1.165) is 0 Å². The van der Waals surface area contributed by atoms with Crippen molar-refractivity contribution in [1.82, 2.24) is 0 Å². The maximum atomic E-state index is 12.3. The third kappa shape index (κ3) is 4.16. The fraction of sp³-hybridized carbons (Fsp3) is 0.